The Hall–Kier alpha value is -2.84. The van der Waals surface area contributed by atoms with Gasteiger partial charge in [0, 0.05) is 11.1 Å². The number of carbonyl (C=O) groups excluding carboxylic acids is 1. The quantitative estimate of drug-likeness (QED) is 0.674. The maximum atomic E-state index is 13.0. The van der Waals surface area contributed by atoms with Gasteiger partial charge >= 0.3 is 0 Å². The fourth-order valence-electron chi connectivity index (χ4n) is 1.84. The molecule has 0 bridgehead atoms. The first kappa shape index (κ1) is 16.5. The molecule has 0 spiro atoms. The van der Waals surface area contributed by atoms with Crippen LogP contribution in [0.5, 0.6) is 5.75 Å². The maximum Gasteiger partial charge on any atom is 0.259 e. The van der Waals surface area contributed by atoms with Gasteiger partial charge in [-0.15, -0.1) is 0 Å². The number of nitrogens with zero attached hydrogens (tertiary/aromatic N) is 1. The number of para-hydroxylation sites is 1. The van der Waals surface area contributed by atoms with E-state index in [-0.39, 0.29) is 17.2 Å². The summed E-state index contributed by atoms with van der Waals surface area (Å²) in [5, 5.41) is 9.16. The van der Waals surface area contributed by atoms with Crippen molar-refractivity contribution in [2.24, 2.45) is 5.73 Å². The first-order chi connectivity index (χ1) is 11.0. The molecule has 0 radical (unpaired) electrons. The third-order valence-corrected chi connectivity index (χ3v) is 3.35. The lowest BCUT2D eigenvalue weighted by molar-refractivity contribution is -0.114. The highest BCUT2D eigenvalue weighted by Gasteiger charge is 2.08. The van der Waals surface area contributed by atoms with Crippen molar-refractivity contribution >= 4 is 23.6 Å². The molecule has 4 nitrogen and oxygen atoms in total. The van der Waals surface area contributed by atoms with E-state index in [1.165, 1.54) is 24.3 Å². The van der Waals surface area contributed by atoms with Crippen molar-refractivity contribution in [1.29, 1.82) is 5.26 Å². The van der Waals surface area contributed by atoms with Crippen LogP contribution in [0, 0.1) is 17.1 Å². The van der Waals surface area contributed by atoms with Gasteiger partial charge in [0.05, 0.1) is 5.02 Å². The standard InChI is InChI=1S/C17H12ClFN2O2/c18-15-8-14(19)6-5-12(15)10-23-16-4-2-1-3-11(16)7-13(9-20)17(21)22/h1-8H,10H2,(H2,21,22)/b13-7+. The molecule has 23 heavy (non-hydrogen) atoms. The zero-order valence-electron chi connectivity index (χ0n) is 11.9. The molecule has 2 rings (SSSR count). The first-order valence-corrected chi connectivity index (χ1v) is 6.96. The SMILES string of the molecule is N#C/C(=C\c1ccccc1OCc1ccc(F)cc1Cl)C(N)=O. The molecular formula is C17H12ClFN2O2. The lowest BCUT2D eigenvalue weighted by atomic mass is 10.1. The smallest absolute Gasteiger partial charge is 0.259 e. The molecule has 2 aromatic carbocycles. The Bertz CT molecular complexity index is 812. The molecule has 0 aromatic heterocycles. The molecule has 0 aliphatic heterocycles. The summed E-state index contributed by atoms with van der Waals surface area (Å²) in [4.78, 5) is 11.1. The zero-order chi connectivity index (χ0) is 16.8. The summed E-state index contributed by atoms with van der Waals surface area (Å²) in [6.45, 7) is 0.114. The predicted octanol–water partition coefficient (Wildman–Crippen LogP) is 3.45. The number of ether oxygens (including phenoxy) is 1. The third-order valence-electron chi connectivity index (χ3n) is 3.00. The molecule has 0 atom stereocenters. The van der Waals surface area contributed by atoms with E-state index >= 15 is 0 Å². The highest BCUT2D eigenvalue weighted by molar-refractivity contribution is 6.31. The van der Waals surface area contributed by atoms with Crippen molar-refractivity contribution in [1.82, 2.24) is 0 Å². The summed E-state index contributed by atoms with van der Waals surface area (Å²) >= 11 is 5.95. The number of nitriles is 1. The Morgan fingerprint density at radius 3 is 2.74 bits per heavy atom. The van der Waals surface area contributed by atoms with E-state index in [2.05, 4.69) is 0 Å². The lowest BCUT2D eigenvalue weighted by Crippen LogP contribution is -2.12. The van der Waals surface area contributed by atoms with Crippen molar-refractivity contribution in [2.75, 3.05) is 0 Å². The van der Waals surface area contributed by atoms with Gasteiger partial charge in [-0.1, -0.05) is 35.9 Å². The number of amides is 1. The molecule has 0 saturated heterocycles. The van der Waals surface area contributed by atoms with Gasteiger partial charge in [-0.25, -0.2) is 4.39 Å². The number of nitrogens with two attached hydrogens (primary N) is 1. The number of rotatable bonds is 5. The Kier molecular flexibility index (Phi) is 5.34. The number of halogens is 2. The van der Waals surface area contributed by atoms with Gasteiger partial charge in [0.25, 0.3) is 5.91 Å². The van der Waals surface area contributed by atoms with Crippen molar-refractivity contribution in [3.05, 3.63) is 70.0 Å². The highest BCUT2D eigenvalue weighted by atomic mass is 35.5. The number of hydrogen-bond acceptors (Lipinski definition) is 3. The monoisotopic (exact) mass is 330 g/mol. The molecule has 6 heteroatoms. The van der Waals surface area contributed by atoms with Crippen LogP contribution in [-0.4, -0.2) is 5.91 Å². The Morgan fingerprint density at radius 1 is 1.35 bits per heavy atom. The Morgan fingerprint density at radius 2 is 2.09 bits per heavy atom. The largest absolute Gasteiger partial charge is 0.488 e. The van der Waals surface area contributed by atoms with Gasteiger partial charge in [0.15, 0.2) is 0 Å². The van der Waals surface area contributed by atoms with E-state index in [0.717, 1.165) is 0 Å². The molecule has 0 saturated carbocycles. The van der Waals surface area contributed by atoms with Crippen molar-refractivity contribution in [3.63, 3.8) is 0 Å². The number of carbonyl (C=O) groups is 1. The zero-order valence-corrected chi connectivity index (χ0v) is 12.7. The van der Waals surface area contributed by atoms with Crippen LogP contribution in [0.2, 0.25) is 5.02 Å². The number of primary amides is 1. The summed E-state index contributed by atoms with van der Waals surface area (Å²) in [6, 6.07) is 12.6. The summed E-state index contributed by atoms with van der Waals surface area (Å²) in [5.41, 5.74) is 6.08. The molecule has 0 aliphatic carbocycles. The van der Waals surface area contributed by atoms with Gasteiger partial charge < -0.3 is 10.5 Å². The van der Waals surface area contributed by atoms with Crippen LogP contribution in [0.3, 0.4) is 0 Å². The Labute approximate surface area is 137 Å². The average molecular weight is 331 g/mol. The van der Waals surface area contributed by atoms with Crippen LogP contribution in [0.25, 0.3) is 6.08 Å². The second-order valence-corrected chi connectivity index (χ2v) is 5.00. The fraction of sp³-hybridized carbons (Fsp3) is 0.0588. The number of hydrogen-bond donors (Lipinski definition) is 1. The van der Waals surface area contributed by atoms with Crippen LogP contribution in [-0.2, 0) is 11.4 Å². The highest BCUT2D eigenvalue weighted by Crippen LogP contribution is 2.24. The van der Waals surface area contributed by atoms with Crippen molar-refractivity contribution < 1.29 is 13.9 Å². The van der Waals surface area contributed by atoms with Gasteiger partial charge in [-0.2, -0.15) is 5.26 Å². The van der Waals surface area contributed by atoms with E-state index in [9.17, 15) is 9.18 Å². The molecule has 116 valence electrons. The molecule has 0 aliphatic rings. The summed E-state index contributed by atoms with van der Waals surface area (Å²) in [5.74, 6) is -0.798. The van der Waals surface area contributed by atoms with Gasteiger partial charge in [0.1, 0.15) is 29.8 Å². The molecule has 2 aromatic rings. The van der Waals surface area contributed by atoms with Crippen molar-refractivity contribution in [2.45, 2.75) is 6.61 Å². The second-order valence-electron chi connectivity index (χ2n) is 4.60. The fourth-order valence-corrected chi connectivity index (χ4v) is 2.06. The maximum absolute atomic E-state index is 13.0. The van der Waals surface area contributed by atoms with Crippen LogP contribution >= 0.6 is 11.6 Å². The van der Waals surface area contributed by atoms with Gasteiger partial charge in [-0.05, 0) is 24.3 Å². The molecule has 0 fully saturated rings. The average Bonchev–Trinajstić information content (AvgIpc) is 2.52. The normalized spacial score (nSPS) is 10.9. The van der Waals surface area contributed by atoms with Crippen molar-refractivity contribution in [3.8, 4) is 11.8 Å². The first-order valence-electron chi connectivity index (χ1n) is 6.58. The van der Waals surface area contributed by atoms with Crippen LogP contribution in [0.15, 0.2) is 48.0 Å². The molecular weight excluding hydrogens is 319 g/mol. The molecule has 0 unspecified atom stereocenters. The van der Waals surface area contributed by atoms with Crippen LogP contribution < -0.4 is 10.5 Å². The molecule has 1 amide bonds. The number of benzene rings is 2. The lowest BCUT2D eigenvalue weighted by Gasteiger charge is -2.10. The van der Waals surface area contributed by atoms with Gasteiger partial charge in [-0.3, -0.25) is 4.79 Å². The van der Waals surface area contributed by atoms with Crippen LogP contribution in [0.1, 0.15) is 11.1 Å². The molecule has 2 N–H and O–H groups in total. The predicted molar refractivity (Wildman–Crippen MR) is 85.0 cm³/mol. The van der Waals surface area contributed by atoms with E-state index in [0.29, 0.717) is 16.9 Å². The van der Waals surface area contributed by atoms with Crippen LogP contribution in [0.4, 0.5) is 4.39 Å². The van der Waals surface area contributed by atoms with Gasteiger partial charge in [0.2, 0.25) is 0 Å². The minimum absolute atomic E-state index is 0.114. The summed E-state index contributed by atoms with van der Waals surface area (Å²) in [7, 11) is 0. The van der Waals surface area contributed by atoms with E-state index in [4.69, 9.17) is 27.3 Å². The topological polar surface area (TPSA) is 76.1 Å². The minimum atomic E-state index is -0.816. The summed E-state index contributed by atoms with van der Waals surface area (Å²) in [6.07, 6.45) is 1.35. The Balaban J connectivity index is 2.24. The third kappa shape index (κ3) is 4.31. The minimum Gasteiger partial charge on any atom is -0.488 e. The second kappa shape index (κ2) is 7.43. The van der Waals surface area contributed by atoms with E-state index in [1.54, 1.807) is 30.3 Å². The van der Waals surface area contributed by atoms with E-state index < -0.39 is 11.7 Å². The molecule has 0 heterocycles. The summed E-state index contributed by atoms with van der Waals surface area (Å²) < 4.78 is 18.7. The van der Waals surface area contributed by atoms with E-state index in [1.807, 2.05) is 0 Å².